The molecule has 2 atom stereocenters. The van der Waals surface area contributed by atoms with Crippen molar-refractivity contribution in [3.8, 4) is 0 Å². The maximum atomic E-state index is 12.0. The third-order valence-electron chi connectivity index (χ3n) is 3.43. The van der Waals surface area contributed by atoms with Gasteiger partial charge in [0.05, 0.1) is 12.6 Å². The fourth-order valence-corrected chi connectivity index (χ4v) is 2.49. The van der Waals surface area contributed by atoms with Crippen molar-refractivity contribution in [3.05, 3.63) is 0 Å². The summed E-state index contributed by atoms with van der Waals surface area (Å²) >= 11 is 0. The fourth-order valence-electron chi connectivity index (χ4n) is 2.49. The SMILES string of the molecule is CC1CCCN(C(=O)NC2CCCOC2)C1. The number of nitrogens with one attached hydrogen (secondary N) is 1. The minimum Gasteiger partial charge on any atom is -0.379 e. The van der Waals surface area contributed by atoms with Crippen molar-refractivity contribution in [3.63, 3.8) is 0 Å². The minimum atomic E-state index is 0.0991. The summed E-state index contributed by atoms with van der Waals surface area (Å²) in [6.45, 7) is 5.54. The van der Waals surface area contributed by atoms with E-state index >= 15 is 0 Å². The van der Waals surface area contributed by atoms with Gasteiger partial charge in [0.15, 0.2) is 0 Å². The normalized spacial score (nSPS) is 31.2. The number of ether oxygens (including phenoxy) is 1. The third kappa shape index (κ3) is 3.11. The van der Waals surface area contributed by atoms with Gasteiger partial charge in [-0.25, -0.2) is 4.79 Å². The Morgan fingerprint density at radius 3 is 2.94 bits per heavy atom. The average Bonchev–Trinajstić information content (AvgIpc) is 2.30. The molecule has 0 aliphatic carbocycles. The molecule has 0 aromatic heterocycles. The standard InChI is InChI=1S/C12H22N2O2/c1-10-4-2-6-14(8-10)12(15)13-11-5-3-7-16-9-11/h10-11H,2-9H2,1H3,(H,13,15). The van der Waals surface area contributed by atoms with Gasteiger partial charge in [0.2, 0.25) is 0 Å². The molecule has 0 spiro atoms. The molecule has 0 radical (unpaired) electrons. The molecule has 16 heavy (non-hydrogen) atoms. The van der Waals surface area contributed by atoms with E-state index in [2.05, 4.69) is 12.2 Å². The lowest BCUT2D eigenvalue weighted by Crippen LogP contribution is -2.50. The number of amides is 2. The van der Waals surface area contributed by atoms with Gasteiger partial charge < -0.3 is 15.0 Å². The molecule has 2 unspecified atom stereocenters. The molecular formula is C12H22N2O2. The maximum Gasteiger partial charge on any atom is 0.317 e. The van der Waals surface area contributed by atoms with Crippen molar-refractivity contribution in [2.24, 2.45) is 5.92 Å². The van der Waals surface area contributed by atoms with Gasteiger partial charge in [-0.1, -0.05) is 6.92 Å². The third-order valence-corrected chi connectivity index (χ3v) is 3.43. The van der Waals surface area contributed by atoms with Crippen LogP contribution < -0.4 is 5.32 Å². The van der Waals surface area contributed by atoms with Crippen LogP contribution in [0.1, 0.15) is 32.6 Å². The van der Waals surface area contributed by atoms with Crippen LogP contribution in [-0.4, -0.2) is 43.3 Å². The topological polar surface area (TPSA) is 41.6 Å². The van der Waals surface area contributed by atoms with Gasteiger partial charge in [0.25, 0.3) is 0 Å². The van der Waals surface area contributed by atoms with Gasteiger partial charge in [0, 0.05) is 19.7 Å². The van der Waals surface area contributed by atoms with E-state index in [1.807, 2.05) is 4.90 Å². The zero-order valence-corrected chi connectivity index (χ0v) is 10.1. The number of carbonyl (C=O) groups excluding carboxylic acids is 1. The van der Waals surface area contributed by atoms with Crippen molar-refractivity contribution >= 4 is 6.03 Å². The maximum absolute atomic E-state index is 12.0. The van der Waals surface area contributed by atoms with Crippen molar-refractivity contribution in [2.45, 2.75) is 38.6 Å². The molecule has 1 N–H and O–H groups in total. The first-order valence-corrected chi connectivity index (χ1v) is 6.39. The lowest BCUT2D eigenvalue weighted by molar-refractivity contribution is 0.0694. The van der Waals surface area contributed by atoms with Gasteiger partial charge >= 0.3 is 6.03 Å². The Balaban J connectivity index is 1.77. The molecule has 4 nitrogen and oxygen atoms in total. The first kappa shape index (κ1) is 11.7. The van der Waals surface area contributed by atoms with E-state index in [1.165, 1.54) is 6.42 Å². The number of hydrogen-bond acceptors (Lipinski definition) is 2. The van der Waals surface area contributed by atoms with Crippen LogP contribution >= 0.6 is 0 Å². The van der Waals surface area contributed by atoms with Crippen LogP contribution in [0, 0.1) is 5.92 Å². The van der Waals surface area contributed by atoms with E-state index < -0.39 is 0 Å². The number of carbonyl (C=O) groups is 1. The van der Waals surface area contributed by atoms with Crippen molar-refractivity contribution in [1.82, 2.24) is 10.2 Å². The summed E-state index contributed by atoms with van der Waals surface area (Å²) in [6, 6.07) is 0.320. The first-order valence-electron chi connectivity index (χ1n) is 6.39. The summed E-state index contributed by atoms with van der Waals surface area (Å²) in [5.74, 6) is 0.641. The molecule has 0 bridgehead atoms. The van der Waals surface area contributed by atoms with Crippen LogP contribution in [0.3, 0.4) is 0 Å². The molecule has 0 aromatic carbocycles. The summed E-state index contributed by atoms with van der Waals surface area (Å²) in [6.07, 6.45) is 4.49. The molecule has 92 valence electrons. The summed E-state index contributed by atoms with van der Waals surface area (Å²) in [7, 11) is 0. The molecule has 2 fully saturated rings. The summed E-state index contributed by atoms with van der Waals surface area (Å²) in [5.41, 5.74) is 0. The average molecular weight is 226 g/mol. The monoisotopic (exact) mass is 226 g/mol. The van der Waals surface area contributed by atoms with E-state index in [4.69, 9.17) is 4.74 Å². The van der Waals surface area contributed by atoms with E-state index in [0.29, 0.717) is 12.5 Å². The minimum absolute atomic E-state index is 0.0991. The van der Waals surface area contributed by atoms with Crippen LogP contribution in [-0.2, 0) is 4.74 Å². The molecule has 2 aliphatic rings. The van der Waals surface area contributed by atoms with Gasteiger partial charge in [-0.05, 0) is 31.6 Å². The van der Waals surface area contributed by atoms with Gasteiger partial charge in [-0.3, -0.25) is 0 Å². The predicted molar refractivity (Wildman–Crippen MR) is 62.3 cm³/mol. The van der Waals surface area contributed by atoms with Crippen LogP contribution in [0.4, 0.5) is 4.79 Å². The largest absolute Gasteiger partial charge is 0.379 e. The second-order valence-corrected chi connectivity index (χ2v) is 5.06. The van der Waals surface area contributed by atoms with Crippen molar-refractivity contribution in [2.75, 3.05) is 26.3 Å². The number of rotatable bonds is 1. The lowest BCUT2D eigenvalue weighted by atomic mass is 10.0. The Hall–Kier alpha value is -0.770. The Morgan fingerprint density at radius 1 is 1.38 bits per heavy atom. The Kier molecular flexibility index (Phi) is 4.04. The van der Waals surface area contributed by atoms with E-state index in [0.717, 1.165) is 39.0 Å². The molecular weight excluding hydrogens is 204 g/mol. The van der Waals surface area contributed by atoms with Crippen molar-refractivity contribution in [1.29, 1.82) is 0 Å². The summed E-state index contributed by atoms with van der Waals surface area (Å²) in [5, 5.41) is 3.07. The second-order valence-electron chi connectivity index (χ2n) is 5.06. The van der Waals surface area contributed by atoms with E-state index in [-0.39, 0.29) is 12.1 Å². The van der Waals surface area contributed by atoms with Gasteiger partial charge in [-0.2, -0.15) is 0 Å². The highest BCUT2D eigenvalue weighted by Gasteiger charge is 2.23. The van der Waals surface area contributed by atoms with Gasteiger partial charge in [-0.15, -0.1) is 0 Å². The Bertz CT molecular complexity index is 239. The molecule has 2 amide bonds. The van der Waals surface area contributed by atoms with E-state index in [9.17, 15) is 4.79 Å². The van der Waals surface area contributed by atoms with Crippen LogP contribution in [0.2, 0.25) is 0 Å². The van der Waals surface area contributed by atoms with Crippen molar-refractivity contribution < 1.29 is 9.53 Å². The quantitative estimate of drug-likeness (QED) is 0.738. The zero-order chi connectivity index (χ0) is 11.4. The lowest BCUT2D eigenvalue weighted by Gasteiger charge is -2.33. The van der Waals surface area contributed by atoms with Crippen LogP contribution in [0.15, 0.2) is 0 Å². The second kappa shape index (κ2) is 5.53. The highest BCUT2D eigenvalue weighted by molar-refractivity contribution is 5.74. The van der Waals surface area contributed by atoms with E-state index in [1.54, 1.807) is 0 Å². The molecule has 4 heteroatoms. The number of urea groups is 1. The zero-order valence-electron chi connectivity index (χ0n) is 10.1. The molecule has 0 saturated carbocycles. The molecule has 2 aliphatic heterocycles. The number of nitrogens with zero attached hydrogens (tertiary/aromatic N) is 1. The fraction of sp³-hybridized carbons (Fsp3) is 0.917. The summed E-state index contributed by atoms with van der Waals surface area (Å²) in [4.78, 5) is 13.9. The molecule has 2 rings (SSSR count). The Labute approximate surface area is 97.3 Å². The van der Waals surface area contributed by atoms with Crippen LogP contribution in [0.5, 0.6) is 0 Å². The van der Waals surface area contributed by atoms with Gasteiger partial charge in [0.1, 0.15) is 0 Å². The summed E-state index contributed by atoms with van der Waals surface area (Å²) < 4.78 is 5.36. The number of hydrogen-bond donors (Lipinski definition) is 1. The molecule has 0 aromatic rings. The smallest absolute Gasteiger partial charge is 0.317 e. The predicted octanol–water partition coefficient (Wildman–Crippen LogP) is 1.61. The Morgan fingerprint density at radius 2 is 2.25 bits per heavy atom. The number of piperidine rings is 1. The highest BCUT2D eigenvalue weighted by Crippen LogP contribution is 2.16. The molecule has 2 saturated heterocycles. The first-order chi connectivity index (χ1) is 7.75. The van der Waals surface area contributed by atoms with Crippen LogP contribution in [0.25, 0.3) is 0 Å². The molecule has 2 heterocycles. The highest BCUT2D eigenvalue weighted by atomic mass is 16.5. The number of likely N-dealkylation sites (tertiary alicyclic amines) is 1.